The monoisotopic (exact) mass is 287 g/mol. The molecule has 0 amide bonds. The van der Waals surface area contributed by atoms with Gasteiger partial charge in [-0.1, -0.05) is 24.3 Å². The predicted molar refractivity (Wildman–Crippen MR) is 80.6 cm³/mol. The van der Waals surface area contributed by atoms with Crippen LogP contribution in [-0.4, -0.2) is 12.6 Å². The number of aryl methyl sites for hydroxylation is 1. The first-order valence-electron chi connectivity index (χ1n) is 6.86. The molecule has 0 aromatic heterocycles. The van der Waals surface area contributed by atoms with Crippen LogP contribution in [0.2, 0.25) is 0 Å². The van der Waals surface area contributed by atoms with Crippen LogP contribution in [0.4, 0.5) is 10.1 Å². The van der Waals surface area contributed by atoms with Crippen molar-refractivity contribution in [2.75, 3.05) is 11.9 Å². The molecule has 2 aromatic rings. The lowest BCUT2D eigenvalue weighted by Crippen LogP contribution is -2.24. The number of hydrogen-bond donors (Lipinski definition) is 1. The SMILES string of the molecule is CCOC(=O)C(Nc1ccccc1)c1cc(F)ccc1C. The van der Waals surface area contributed by atoms with Gasteiger partial charge in [-0.25, -0.2) is 9.18 Å². The average molecular weight is 287 g/mol. The number of rotatable bonds is 5. The molecule has 2 rings (SSSR count). The quantitative estimate of drug-likeness (QED) is 0.849. The van der Waals surface area contributed by atoms with Gasteiger partial charge in [0.1, 0.15) is 5.82 Å². The molecule has 0 bridgehead atoms. The Morgan fingerprint density at radius 1 is 1.24 bits per heavy atom. The minimum absolute atomic E-state index is 0.278. The van der Waals surface area contributed by atoms with E-state index >= 15 is 0 Å². The summed E-state index contributed by atoms with van der Waals surface area (Å²) in [7, 11) is 0. The second-order valence-corrected chi connectivity index (χ2v) is 4.70. The zero-order valence-electron chi connectivity index (χ0n) is 12.1. The van der Waals surface area contributed by atoms with Crippen molar-refractivity contribution in [3.8, 4) is 0 Å². The van der Waals surface area contributed by atoms with Crippen molar-refractivity contribution in [1.29, 1.82) is 0 Å². The summed E-state index contributed by atoms with van der Waals surface area (Å²) in [4.78, 5) is 12.2. The average Bonchev–Trinajstić information content (AvgIpc) is 2.49. The zero-order valence-corrected chi connectivity index (χ0v) is 12.1. The summed E-state index contributed by atoms with van der Waals surface area (Å²) in [6.45, 7) is 3.86. The molecule has 0 fully saturated rings. The molecule has 3 nitrogen and oxygen atoms in total. The van der Waals surface area contributed by atoms with Crippen LogP contribution in [0.25, 0.3) is 0 Å². The predicted octanol–water partition coefficient (Wildman–Crippen LogP) is 3.85. The number of hydrogen-bond acceptors (Lipinski definition) is 3. The van der Waals surface area contributed by atoms with Gasteiger partial charge in [-0.15, -0.1) is 0 Å². The van der Waals surface area contributed by atoms with E-state index < -0.39 is 12.0 Å². The molecular weight excluding hydrogens is 269 g/mol. The fourth-order valence-electron chi connectivity index (χ4n) is 2.11. The lowest BCUT2D eigenvalue weighted by atomic mass is 10.0. The van der Waals surface area contributed by atoms with E-state index in [0.29, 0.717) is 5.56 Å². The summed E-state index contributed by atoms with van der Waals surface area (Å²) < 4.78 is 18.6. The summed E-state index contributed by atoms with van der Waals surface area (Å²) in [5, 5.41) is 3.11. The summed E-state index contributed by atoms with van der Waals surface area (Å²) in [6.07, 6.45) is 0. The fraction of sp³-hybridized carbons (Fsp3) is 0.235. The van der Waals surface area contributed by atoms with Crippen molar-refractivity contribution in [3.63, 3.8) is 0 Å². The molecule has 1 unspecified atom stereocenters. The number of para-hydroxylation sites is 1. The van der Waals surface area contributed by atoms with Crippen molar-refractivity contribution in [1.82, 2.24) is 0 Å². The molecule has 110 valence electrons. The maximum Gasteiger partial charge on any atom is 0.333 e. The van der Waals surface area contributed by atoms with Gasteiger partial charge in [0.2, 0.25) is 0 Å². The highest BCUT2D eigenvalue weighted by atomic mass is 19.1. The van der Waals surface area contributed by atoms with Crippen LogP contribution in [0.5, 0.6) is 0 Å². The highest BCUT2D eigenvalue weighted by molar-refractivity contribution is 5.81. The highest BCUT2D eigenvalue weighted by Gasteiger charge is 2.24. The van der Waals surface area contributed by atoms with Gasteiger partial charge in [-0.3, -0.25) is 0 Å². The number of benzene rings is 2. The Hall–Kier alpha value is -2.36. The molecule has 0 radical (unpaired) electrons. The molecule has 21 heavy (non-hydrogen) atoms. The van der Waals surface area contributed by atoms with Crippen LogP contribution in [0.3, 0.4) is 0 Å². The first-order valence-corrected chi connectivity index (χ1v) is 6.86. The van der Waals surface area contributed by atoms with Gasteiger partial charge in [0, 0.05) is 5.69 Å². The number of anilines is 1. The molecule has 0 saturated carbocycles. The first kappa shape index (κ1) is 15.0. The lowest BCUT2D eigenvalue weighted by molar-refractivity contribution is -0.144. The second kappa shape index (κ2) is 6.88. The minimum atomic E-state index is -0.733. The van der Waals surface area contributed by atoms with Crippen LogP contribution in [0.15, 0.2) is 48.5 Å². The van der Waals surface area contributed by atoms with Crippen LogP contribution < -0.4 is 5.32 Å². The molecule has 0 saturated heterocycles. The van der Waals surface area contributed by atoms with Crippen molar-refractivity contribution in [2.24, 2.45) is 0 Å². The van der Waals surface area contributed by atoms with Crippen LogP contribution in [0, 0.1) is 12.7 Å². The summed E-state index contributed by atoms with van der Waals surface area (Å²) in [6, 6.07) is 13.0. The third kappa shape index (κ3) is 3.81. The van der Waals surface area contributed by atoms with Gasteiger partial charge in [-0.05, 0) is 49.2 Å². The summed E-state index contributed by atoms with van der Waals surface area (Å²) in [5.74, 6) is -0.796. The maximum absolute atomic E-state index is 13.5. The number of halogens is 1. The van der Waals surface area contributed by atoms with Gasteiger partial charge in [-0.2, -0.15) is 0 Å². The van der Waals surface area contributed by atoms with Gasteiger partial charge in [0.25, 0.3) is 0 Å². The molecule has 4 heteroatoms. The Morgan fingerprint density at radius 2 is 1.95 bits per heavy atom. The third-order valence-electron chi connectivity index (χ3n) is 3.16. The minimum Gasteiger partial charge on any atom is -0.464 e. The molecular formula is C17H18FNO2. The second-order valence-electron chi connectivity index (χ2n) is 4.70. The Balaban J connectivity index is 2.36. The van der Waals surface area contributed by atoms with E-state index in [0.717, 1.165) is 11.3 Å². The van der Waals surface area contributed by atoms with Crippen molar-refractivity contribution < 1.29 is 13.9 Å². The summed E-state index contributed by atoms with van der Waals surface area (Å²) >= 11 is 0. The Labute approximate surface area is 123 Å². The number of nitrogens with one attached hydrogen (secondary N) is 1. The van der Waals surface area contributed by atoms with Gasteiger partial charge < -0.3 is 10.1 Å². The van der Waals surface area contributed by atoms with Gasteiger partial charge >= 0.3 is 5.97 Å². The summed E-state index contributed by atoms with van der Waals surface area (Å²) in [5.41, 5.74) is 2.19. The van der Waals surface area contributed by atoms with Crippen molar-refractivity contribution in [3.05, 3.63) is 65.5 Å². The molecule has 0 spiro atoms. The van der Waals surface area contributed by atoms with Gasteiger partial charge in [0.15, 0.2) is 6.04 Å². The van der Waals surface area contributed by atoms with Crippen molar-refractivity contribution in [2.45, 2.75) is 19.9 Å². The topological polar surface area (TPSA) is 38.3 Å². The normalized spacial score (nSPS) is 11.8. The standard InChI is InChI=1S/C17H18FNO2/c1-3-21-17(20)16(19-14-7-5-4-6-8-14)15-11-13(18)10-9-12(15)2/h4-11,16,19H,3H2,1-2H3. The molecule has 0 aliphatic heterocycles. The Bertz CT molecular complexity index is 613. The van der Waals surface area contributed by atoms with E-state index in [1.54, 1.807) is 13.0 Å². The van der Waals surface area contributed by atoms with Crippen LogP contribution in [0.1, 0.15) is 24.1 Å². The highest BCUT2D eigenvalue weighted by Crippen LogP contribution is 2.24. The molecule has 1 N–H and O–H groups in total. The Kier molecular flexibility index (Phi) is 4.93. The first-order chi connectivity index (χ1) is 10.1. The molecule has 0 heterocycles. The number of esters is 1. The number of ether oxygens (including phenoxy) is 1. The van der Waals surface area contributed by atoms with E-state index in [1.807, 2.05) is 37.3 Å². The lowest BCUT2D eigenvalue weighted by Gasteiger charge is -2.20. The molecule has 1 atom stereocenters. The molecule has 2 aromatic carbocycles. The van der Waals surface area contributed by atoms with Gasteiger partial charge in [0.05, 0.1) is 6.61 Å². The largest absolute Gasteiger partial charge is 0.464 e. The third-order valence-corrected chi connectivity index (χ3v) is 3.16. The van der Waals surface area contributed by atoms with E-state index in [2.05, 4.69) is 5.32 Å². The van der Waals surface area contributed by atoms with E-state index in [4.69, 9.17) is 4.74 Å². The zero-order chi connectivity index (χ0) is 15.2. The Morgan fingerprint density at radius 3 is 2.62 bits per heavy atom. The van der Waals surface area contributed by atoms with Crippen molar-refractivity contribution >= 4 is 11.7 Å². The maximum atomic E-state index is 13.5. The molecule has 0 aliphatic rings. The van der Waals surface area contributed by atoms with E-state index in [-0.39, 0.29) is 12.4 Å². The van der Waals surface area contributed by atoms with Crippen LogP contribution in [-0.2, 0) is 9.53 Å². The van der Waals surface area contributed by atoms with E-state index in [1.165, 1.54) is 12.1 Å². The van der Waals surface area contributed by atoms with E-state index in [9.17, 15) is 9.18 Å². The number of carbonyl (C=O) groups is 1. The molecule has 0 aliphatic carbocycles. The van der Waals surface area contributed by atoms with Crippen LogP contribution >= 0.6 is 0 Å². The number of carbonyl (C=O) groups excluding carboxylic acids is 1. The smallest absolute Gasteiger partial charge is 0.333 e. The fourth-order valence-corrected chi connectivity index (χ4v) is 2.11.